The number of carbonyl (C=O) groups excluding carboxylic acids is 1. The van der Waals surface area contributed by atoms with Crippen LogP contribution in [0.3, 0.4) is 0 Å². The van der Waals surface area contributed by atoms with Crippen LogP contribution in [0.1, 0.15) is 10.4 Å². The van der Waals surface area contributed by atoms with E-state index in [2.05, 4.69) is 4.74 Å². The quantitative estimate of drug-likeness (QED) is 0.671. The van der Waals surface area contributed by atoms with E-state index in [1.54, 1.807) is 0 Å². The Kier molecular flexibility index (Phi) is 5.17. The zero-order valence-electron chi connectivity index (χ0n) is 11.6. The van der Waals surface area contributed by atoms with E-state index < -0.39 is 34.2 Å². The summed E-state index contributed by atoms with van der Waals surface area (Å²) in [6.07, 6.45) is 0. The molecule has 0 aromatic heterocycles. The molecule has 0 saturated carbocycles. The molecule has 0 amide bonds. The van der Waals surface area contributed by atoms with Gasteiger partial charge >= 0.3 is 5.97 Å². The van der Waals surface area contributed by atoms with Gasteiger partial charge in [0, 0.05) is 0 Å². The van der Waals surface area contributed by atoms with Gasteiger partial charge in [0.2, 0.25) is 10.9 Å². The molecule has 0 N–H and O–H groups in total. The van der Waals surface area contributed by atoms with Crippen molar-refractivity contribution in [2.75, 3.05) is 11.4 Å². The highest BCUT2D eigenvalue weighted by atomic mass is 35.5. The van der Waals surface area contributed by atoms with Crippen LogP contribution in [0.2, 0.25) is 5.02 Å². The summed E-state index contributed by atoms with van der Waals surface area (Å²) in [6, 6.07) is 6.73. The highest BCUT2D eigenvalue weighted by Crippen LogP contribution is 2.37. The number of anilines is 2. The first-order valence-electron chi connectivity index (χ1n) is 6.13. The number of hydrogen-bond donors (Lipinski definition) is 1. The third kappa shape index (κ3) is 3.27. The maximum absolute atomic E-state index is 13.9. The number of carbonyl (C=O) groups is 1. The van der Waals surface area contributed by atoms with Gasteiger partial charge in [-0.15, -0.1) is 0 Å². The van der Waals surface area contributed by atoms with Crippen LogP contribution >= 0.6 is 11.6 Å². The number of halogens is 3. The molecular weight excluding hydrogens is 352 g/mol. The lowest BCUT2D eigenvalue weighted by Crippen LogP contribution is -2.19. The Morgan fingerprint density at radius 3 is 2.22 bits per heavy atom. The van der Waals surface area contributed by atoms with E-state index in [0.717, 1.165) is 25.3 Å². The summed E-state index contributed by atoms with van der Waals surface area (Å²) in [4.78, 5) is 11.6. The van der Waals surface area contributed by atoms with Crippen LogP contribution in [-0.4, -0.2) is 21.5 Å². The van der Waals surface area contributed by atoms with Crippen LogP contribution in [0.15, 0.2) is 36.4 Å². The van der Waals surface area contributed by atoms with Crippen LogP contribution < -0.4 is 4.31 Å². The fourth-order valence-electron chi connectivity index (χ4n) is 1.93. The number of thiol groups is 1. The molecule has 23 heavy (non-hydrogen) atoms. The molecule has 0 saturated heterocycles. The number of esters is 1. The molecule has 0 heterocycles. The monoisotopic (exact) mass is 361 g/mol. The molecule has 9 heteroatoms. The zero-order chi connectivity index (χ0) is 17.1. The van der Waals surface area contributed by atoms with Crippen molar-refractivity contribution in [3.8, 4) is 0 Å². The topological polar surface area (TPSA) is 63.7 Å². The summed E-state index contributed by atoms with van der Waals surface area (Å²) < 4.78 is 55.9. The molecule has 0 spiro atoms. The minimum absolute atomic E-state index is 0.134. The lowest BCUT2D eigenvalue weighted by molar-refractivity contribution is 0.0601. The van der Waals surface area contributed by atoms with Gasteiger partial charge in [0.15, 0.2) is 11.6 Å². The average Bonchev–Trinajstić information content (AvgIpc) is 2.51. The molecule has 0 aliphatic heterocycles. The second-order valence-corrected chi connectivity index (χ2v) is 5.50. The third-order valence-corrected chi connectivity index (χ3v) is 4.06. The Morgan fingerprint density at radius 2 is 1.70 bits per heavy atom. The second-order valence-electron chi connectivity index (χ2n) is 4.25. The first-order valence-corrected chi connectivity index (χ1v) is 7.64. The van der Waals surface area contributed by atoms with E-state index in [9.17, 15) is 22.0 Å². The van der Waals surface area contributed by atoms with E-state index >= 15 is 0 Å². The van der Waals surface area contributed by atoms with Crippen LogP contribution in [-0.2, 0) is 15.6 Å². The van der Waals surface area contributed by atoms with E-state index in [1.165, 1.54) is 18.2 Å². The highest BCUT2D eigenvalue weighted by Gasteiger charge is 2.25. The summed E-state index contributed by atoms with van der Waals surface area (Å²) in [5, 5.41) is -0.304. The van der Waals surface area contributed by atoms with Gasteiger partial charge in [-0.25, -0.2) is 26.3 Å². The Hall–Kier alpha value is -2.19. The maximum atomic E-state index is 13.9. The Morgan fingerprint density at radius 1 is 1.13 bits per heavy atom. The summed E-state index contributed by atoms with van der Waals surface area (Å²) in [5.74, 6) is -3.00. The van der Waals surface area contributed by atoms with Gasteiger partial charge in [0.1, 0.15) is 5.69 Å². The Bertz CT molecular complexity index is 813. The minimum Gasteiger partial charge on any atom is -0.465 e. The second kappa shape index (κ2) is 6.93. The SMILES string of the molecule is COC(=O)c1cccc(N(c2c(F)cccc2F)[SH](=O)=O)c1Cl. The largest absolute Gasteiger partial charge is 0.465 e. The van der Waals surface area contributed by atoms with Crippen LogP contribution in [0.4, 0.5) is 20.2 Å². The van der Waals surface area contributed by atoms with Crippen LogP contribution in [0.25, 0.3) is 0 Å². The minimum atomic E-state index is -3.48. The van der Waals surface area contributed by atoms with Crippen LogP contribution in [0.5, 0.6) is 0 Å². The number of rotatable bonds is 4. The molecule has 0 atom stereocenters. The Labute approximate surface area is 137 Å². The molecule has 0 bridgehead atoms. The lowest BCUT2D eigenvalue weighted by Gasteiger charge is -2.21. The Balaban J connectivity index is 2.72. The highest BCUT2D eigenvalue weighted by molar-refractivity contribution is 7.74. The average molecular weight is 362 g/mol. The van der Waals surface area contributed by atoms with Crippen molar-refractivity contribution in [2.24, 2.45) is 0 Å². The van der Waals surface area contributed by atoms with E-state index in [-0.39, 0.29) is 16.3 Å². The molecule has 5 nitrogen and oxygen atoms in total. The maximum Gasteiger partial charge on any atom is 0.339 e. The summed E-state index contributed by atoms with van der Waals surface area (Å²) >= 11 is 6.02. The van der Waals surface area contributed by atoms with E-state index in [4.69, 9.17) is 11.6 Å². The number of benzene rings is 2. The number of hydrogen-bond acceptors (Lipinski definition) is 4. The molecule has 0 aliphatic carbocycles. The van der Waals surface area contributed by atoms with Gasteiger partial charge in [0.25, 0.3) is 0 Å². The van der Waals surface area contributed by atoms with Gasteiger partial charge in [-0.1, -0.05) is 23.7 Å². The normalized spacial score (nSPS) is 10.7. The number of ether oxygens (including phenoxy) is 1. The summed E-state index contributed by atoms with van der Waals surface area (Å²) in [7, 11) is -2.37. The summed E-state index contributed by atoms with van der Waals surface area (Å²) in [5.41, 5.74) is -1.22. The first-order chi connectivity index (χ1) is 10.9. The van der Waals surface area contributed by atoms with Crippen molar-refractivity contribution < 1.29 is 26.7 Å². The van der Waals surface area contributed by atoms with E-state index in [1.807, 2.05) is 0 Å². The molecular formula is C14H10ClF2NO4S. The first kappa shape index (κ1) is 17.2. The summed E-state index contributed by atoms with van der Waals surface area (Å²) in [6.45, 7) is 0. The van der Waals surface area contributed by atoms with Gasteiger partial charge in [-0.05, 0) is 24.3 Å². The van der Waals surface area contributed by atoms with Gasteiger partial charge in [0.05, 0.1) is 23.4 Å². The molecule has 2 aromatic rings. The number of methoxy groups -OCH3 is 1. The third-order valence-electron chi connectivity index (χ3n) is 2.92. The standard InChI is InChI=1S/C14H10ClF2NO4S/c1-22-14(19)8-4-2-7-11(12(8)15)18(23(20)21)13-9(16)5-3-6-10(13)17/h2-7,23H,1H3. The fraction of sp³-hybridized carbons (Fsp3) is 0.0714. The molecule has 0 radical (unpaired) electrons. The number of para-hydroxylation sites is 1. The smallest absolute Gasteiger partial charge is 0.339 e. The van der Waals surface area contributed by atoms with Crippen molar-refractivity contribution in [1.82, 2.24) is 0 Å². The van der Waals surface area contributed by atoms with Crippen LogP contribution in [0, 0.1) is 11.6 Å². The van der Waals surface area contributed by atoms with Crippen molar-refractivity contribution in [1.29, 1.82) is 0 Å². The molecule has 0 aliphatic rings. The molecule has 0 unspecified atom stereocenters. The van der Waals surface area contributed by atoms with Gasteiger partial charge in [-0.2, -0.15) is 0 Å². The molecule has 2 rings (SSSR count). The van der Waals surface area contributed by atoms with Gasteiger partial charge < -0.3 is 4.74 Å². The zero-order valence-corrected chi connectivity index (χ0v) is 13.3. The molecule has 122 valence electrons. The van der Waals surface area contributed by atoms with Crippen molar-refractivity contribution >= 4 is 39.8 Å². The number of nitrogens with zero attached hydrogens (tertiary/aromatic N) is 1. The molecule has 2 aromatic carbocycles. The van der Waals surface area contributed by atoms with Gasteiger partial charge in [-0.3, -0.25) is 0 Å². The van der Waals surface area contributed by atoms with Crippen molar-refractivity contribution in [2.45, 2.75) is 0 Å². The fourth-order valence-corrected chi connectivity index (χ4v) is 2.98. The lowest BCUT2D eigenvalue weighted by atomic mass is 10.2. The van der Waals surface area contributed by atoms with Crippen molar-refractivity contribution in [3.05, 3.63) is 58.6 Å². The predicted molar refractivity (Wildman–Crippen MR) is 81.6 cm³/mol. The molecule has 0 fully saturated rings. The van der Waals surface area contributed by atoms with E-state index in [0.29, 0.717) is 4.31 Å². The predicted octanol–water partition coefficient (Wildman–Crippen LogP) is 3.07. The van der Waals surface area contributed by atoms with Crippen molar-refractivity contribution in [3.63, 3.8) is 0 Å².